The van der Waals surface area contributed by atoms with E-state index >= 15 is 0 Å². The van der Waals surface area contributed by atoms with Crippen LogP contribution in [0, 0.1) is 0 Å². The molecule has 1 amide bonds. The van der Waals surface area contributed by atoms with Crippen molar-refractivity contribution in [1.29, 1.82) is 0 Å². The maximum atomic E-state index is 11.9. The van der Waals surface area contributed by atoms with E-state index in [0.717, 1.165) is 19.6 Å². The van der Waals surface area contributed by atoms with Crippen molar-refractivity contribution in [3.8, 4) is 0 Å². The standard InChI is InChI=1S/C12H25N3O2/c1-4-15(5-2)8-9(3)14-12(17)11-6-10(16)7-13-11/h9-11,13,16H,4-8H2,1-3H3,(H,14,17). The van der Waals surface area contributed by atoms with Gasteiger partial charge in [-0.1, -0.05) is 13.8 Å². The highest BCUT2D eigenvalue weighted by Gasteiger charge is 2.28. The lowest BCUT2D eigenvalue weighted by Crippen LogP contribution is -2.48. The van der Waals surface area contributed by atoms with Crippen LogP contribution < -0.4 is 10.6 Å². The van der Waals surface area contributed by atoms with Crippen LogP contribution in [-0.4, -0.2) is 60.3 Å². The first kappa shape index (κ1) is 14.4. The highest BCUT2D eigenvalue weighted by Crippen LogP contribution is 2.06. The fourth-order valence-electron chi connectivity index (χ4n) is 2.17. The Morgan fingerprint density at radius 3 is 2.65 bits per heavy atom. The molecule has 1 aliphatic rings. The molecule has 3 unspecified atom stereocenters. The number of nitrogens with one attached hydrogen (secondary N) is 2. The lowest BCUT2D eigenvalue weighted by atomic mass is 10.2. The smallest absolute Gasteiger partial charge is 0.237 e. The summed E-state index contributed by atoms with van der Waals surface area (Å²) < 4.78 is 0. The highest BCUT2D eigenvalue weighted by molar-refractivity contribution is 5.82. The van der Waals surface area contributed by atoms with Gasteiger partial charge in [0.25, 0.3) is 0 Å². The highest BCUT2D eigenvalue weighted by atomic mass is 16.3. The molecule has 1 saturated heterocycles. The predicted molar refractivity (Wildman–Crippen MR) is 67.8 cm³/mol. The van der Waals surface area contributed by atoms with Gasteiger partial charge in [0, 0.05) is 19.1 Å². The predicted octanol–water partition coefficient (Wildman–Crippen LogP) is -0.444. The Kier molecular flexibility index (Phi) is 5.88. The van der Waals surface area contributed by atoms with Crippen molar-refractivity contribution in [2.24, 2.45) is 0 Å². The molecule has 1 fully saturated rings. The van der Waals surface area contributed by atoms with Crippen LogP contribution in [0.3, 0.4) is 0 Å². The average molecular weight is 243 g/mol. The van der Waals surface area contributed by atoms with Crippen LogP contribution in [0.25, 0.3) is 0 Å². The normalized spacial score (nSPS) is 26.2. The molecular weight excluding hydrogens is 218 g/mol. The lowest BCUT2D eigenvalue weighted by molar-refractivity contribution is -0.123. The summed E-state index contributed by atoms with van der Waals surface area (Å²) in [6.45, 7) is 9.63. The number of carbonyl (C=O) groups excluding carboxylic acids is 1. The average Bonchev–Trinajstić information content (AvgIpc) is 2.72. The van der Waals surface area contributed by atoms with E-state index in [2.05, 4.69) is 29.4 Å². The third kappa shape index (κ3) is 4.61. The fraction of sp³-hybridized carbons (Fsp3) is 0.917. The summed E-state index contributed by atoms with van der Waals surface area (Å²) in [5.41, 5.74) is 0. The minimum absolute atomic E-state index is 0.00112. The molecule has 1 aliphatic heterocycles. The zero-order valence-electron chi connectivity index (χ0n) is 11.1. The number of aliphatic hydroxyl groups is 1. The Balaban J connectivity index is 2.30. The number of hydrogen-bond donors (Lipinski definition) is 3. The Hall–Kier alpha value is -0.650. The van der Waals surface area contributed by atoms with Crippen molar-refractivity contribution >= 4 is 5.91 Å². The third-order valence-electron chi connectivity index (χ3n) is 3.24. The lowest BCUT2D eigenvalue weighted by Gasteiger charge is -2.24. The molecule has 3 atom stereocenters. The van der Waals surface area contributed by atoms with E-state index in [4.69, 9.17) is 0 Å². The number of amides is 1. The van der Waals surface area contributed by atoms with Gasteiger partial charge in [-0.25, -0.2) is 0 Å². The molecule has 5 nitrogen and oxygen atoms in total. The minimum atomic E-state index is -0.385. The first-order valence-corrected chi connectivity index (χ1v) is 6.51. The monoisotopic (exact) mass is 243 g/mol. The molecule has 0 spiro atoms. The molecule has 0 aliphatic carbocycles. The SMILES string of the molecule is CCN(CC)CC(C)NC(=O)C1CC(O)CN1. The quantitative estimate of drug-likeness (QED) is 0.591. The largest absolute Gasteiger partial charge is 0.392 e. The minimum Gasteiger partial charge on any atom is -0.392 e. The van der Waals surface area contributed by atoms with Gasteiger partial charge in [0.1, 0.15) is 0 Å². The van der Waals surface area contributed by atoms with Gasteiger partial charge in [0.05, 0.1) is 12.1 Å². The maximum absolute atomic E-state index is 11.9. The van der Waals surface area contributed by atoms with Gasteiger partial charge in [-0.05, 0) is 26.4 Å². The topological polar surface area (TPSA) is 64.6 Å². The summed E-state index contributed by atoms with van der Waals surface area (Å²) >= 11 is 0. The molecule has 100 valence electrons. The zero-order valence-corrected chi connectivity index (χ0v) is 11.1. The molecule has 0 aromatic rings. The van der Waals surface area contributed by atoms with E-state index < -0.39 is 0 Å². The molecule has 0 aromatic heterocycles. The number of nitrogens with zero attached hydrogens (tertiary/aromatic N) is 1. The number of rotatable bonds is 6. The number of carbonyl (C=O) groups is 1. The molecule has 17 heavy (non-hydrogen) atoms. The summed E-state index contributed by atoms with van der Waals surface area (Å²) in [6.07, 6.45) is 0.132. The van der Waals surface area contributed by atoms with Gasteiger partial charge in [0.2, 0.25) is 5.91 Å². The fourth-order valence-corrected chi connectivity index (χ4v) is 2.17. The van der Waals surface area contributed by atoms with Crippen LogP contribution in [0.2, 0.25) is 0 Å². The van der Waals surface area contributed by atoms with E-state index in [-0.39, 0.29) is 24.1 Å². The van der Waals surface area contributed by atoms with E-state index in [0.29, 0.717) is 13.0 Å². The number of aliphatic hydroxyl groups excluding tert-OH is 1. The molecule has 1 heterocycles. The number of β-amino-alcohol motifs (C(OH)–C–C–N with tert-alkyl or cyclic N) is 1. The molecular formula is C12H25N3O2. The van der Waals surface area contributed by atoms with E-state index in [9.17, 15) is 9.90 Å². The zero-order chi connectivity index (χ0) is 12.8. The summed E-state index contributed by atoms with van der Waals surface area (Å²) in [7, 11) is 0. The molecule has 3 N–H and O–H groups in total. The van der Waals surface area contributed by atoms with Crippen molar-refractivity contribution in [2.75, 3.05) is 26.2 Å². The molecule has 1 rings (SSSR count). The van der Waals surface area contributed by atoms with Gasteiger partial charge < -0.3 is 20.6 Å². The number of hydrogen-bond acceptors (Lipinski definition) is 4. The van der Waals surface area contributed by atoms with Gasteiger partial charge in [-0.3, -0.25) is 4.79 Å². The van der Waals surface area contributed by atoms with Crippen LogP contribution in [0.4, 0.5) is 0 Å². The Morgan fingerprint density at radius 2 is 2.18 bits per heavy atom. The summed E-state index contributed by atoms with van der Waals surface area (Å²) in [5.74, 6) is 0.00112. The second kappa shape index (κ2) is 6.93. The Bertz CT molecular complexity index is 244. The van der Waals surface area contributed by atoms with Crippen LogP contribution >= 0.6 is 0 Å². The van der Waals surface area contributed by atoms with Crippen LogP contribution in [0.15, 0.2) is 0 Å². The van der Waals surface area contributed by atoms with Gasteiger partial charge >= 0.3 is 0 Å². The van der Waals surface area contributed by atoms with Gasteiger partial charge in [-0.15, -0.1) is 0 Å². The molecule has 0 aromatic carbocycles. The summed E-state index contributed by atoms with van der Waals surface area (Å²) in [5, 5.41) is 15.4. The van der Waals surface area contributed by atoms with Gasteiger partial charge in [0.15, 0.2) is 0 Å². The van der Waals surface area contributed by atoms with Crippen LogP contribution in [0.1, 0.15) is 27.2 Å². The maximum Gasteiger partial charge on any atom is 0.237 e. The van der Waals surface area contributed by atoms with Crippen molar-refractivity contribution in [2.45, 2.75) is 45.4 Å². The van der Waals surface area contributed by atoms with E-state index in [1.54, 1.807) is 0 Å². The van der Waals surface area contributed by atoms with Crippen molar-refractivity contribution in [1.82, 2.24) is 15.5 Å². The molecule has 0 bridgehead atoms. The first-order valence-electron chi connectivity index (χ1n) is 6.51. The Labute approximate surface area is 104 Å². The van der Waals surface area contributed by atoms with E-state index in [1.807, 2.05) is 6.92 Å². The van der Waals surface area contributed by atoms with Crippen LogP contribution in [-0.2, 0) is 4.79 Å². The molecule has 5 heteroatoms. The summed E-state index contributed by atoms with van der Waals surface area (Å²) in [6, 6.07) is -0.0916. The third-order valence-corrected chi connectivity index (χ3v) is 3.24. The van der Waals surface area contributed by atoms with E-state index in [1.165, 1.54) is 0 Å². The van der Waals surface area contributed by atoms with Gasteiger partial charge in [-0.2, -0.15) is 0 Å². The second-order valence-electron chi connectivity index (χ2n) is 4.75. The van der Waals surface area contributed by atoms with Crippen molar-refractivity contribution in [3.63, 3.8) is 0 Å². The molecule has 0 radical (unpaired) electrons. The first-order chi connectivity index (χ1) is 8.06. The van der Waals surface area contributed by atoms with Crippen LogP contribution in [0.5, 0.6) is 0 Å². The summed E-state index contributed by atoms with van der Waals surface area (Å²) in [4.78, 5) is 14.1. The second-order valence-corrected chi connectivity index (χ2v) is 4.75. The Morgan fingerprint density at radius 1 is 1.53 bits per heavy atom. The van der Waals surface area contributed by atoms with Crippen molar-refractivity contribution < 1.29 is 9.90 Å². The molecule has 0 saturated carbocycles. The van der Waals surface area contributed by atoms with Crippen molar-refractivity contribution in [3.05, 3.63) is 0 Å². The number of likely N-dealkylation sites (N-methyl/N-ethyl adjacent to an activating group) is 1.